The molecule has 1 amide bonds. The van der Waals surface area contributed by atoms with Gasteiger partial charge in [-0.1, -0.05) is 53.2 Å². The van der Waals surface area contributed by atoms with E-state index >= 15 is 0 Å². The highest BCUT2D eigenvalue weighted by Gasteiger charge is 2.09. The van der Waals surface area contributed by atoms with Crippen LogP contribution in [0.25, 0.3) is 10.9 Å². The van der Waals surface area contributed by atoms with Crippen molar-refractivity contribution in [3.8, 4) is 0 Å². The van der Waals surface area contributed by atoms with Gasteiger partial charge in [0.05, 0.1) is 0 Å². The maximum absolute atomic E-state index is 12.2. The molecule has 26 heavy (non-hydrogen) atoms. The summed E-state index contributed by atoms with van der Waals surface area (Å²) >= 11 is 0. The minimum absolute atomic E-state index is 0.163. The molecule has 3 rings (SSSR count). The van der Waals surface area contributed by atoms with Crippen LogP contribution in [0, 0.1) is 6.92 Å². The Labute approximate surface area is 157 Å². The Morgan fingerprint density at radius 3 is 2.04 bits per heavy atom. The van der Waals surface area contributed by atoms with Crippen molar-refractivity contribution >= 4 is 28.2 Å². The van der Waals surface area contributed by atoms with Gasteiger partial charge in [0.15, 0.2) is 0 Å². The number of hydrogen-bond donors (Lipinski definition) is 3. The number of nitrogens with one attached hydrogen (secondary N) is 2. The number of benzene rings is 2. The zero-order chi connectivity index (χ0) is 20.1. The summed E-state index contributed by atoms with van der Waals surface area (Å²) in [4.78, 5) is 15.3. The molecule has 0 aliphatic rings. The Balaban J connectivity index is 0.000000948. The average molecular weight is 356 g/mol. The van der Waals surface area contributed by atoms with Gasteiger partial charge in [0.25, 0.3) is 5.91 Å². The first-order chi connectivity index (χ1) is 12.6. The SMILES string of the molecule is CC.CC.CC.Cc1ccc2[nH]c(C(=O)Nc3ccc(N)cc3)cc2c1. The normalized spacial score (nSPS) is 8.88. The van der Waals surface area contributed by atoms with E-state index in [1.807, 2.05) is 72.7 Å². The fourth-order valence-corrected chi connectivity index (χ4v) is 2.14. The van der Waals surface area contributed by atoms with Crippen molar-refractivity contribution in [2.24, 2.45) is 0 Å². The van der Waals surface area contributed by atoms with Crippen LogP contribution in [0.1, 0.15) is 57.6 Å². The quantitative estimate of drug-likeness (QED) is 0.466. The summed E-state index contributed by atoms with van der Waals surface area (Å²) in [6, 6.07) is 15.0. The molecule has 0 radical (unpaired) electrons. The first-order valence-electron chi connectivity index (χ1n) is 9.38. The molecule has 0 spiro atoms. The monoisotopic (exact) mass is 355 g/mol. The van der Waals surface area contributed by atoms with E-state index in [-0.39, 0.29) is 5.91 Å². The van der Waals surface area contributed by atoms with Gasteiger partial charge in [-0.25, -0.2) is 0 Å². The standard InChI is InChI=1S/C16H15N3O.3C2H6/c1-10-2-7-14-11(8-10)9-15(19-14)16(20)18-13-5-3-12(17)4-6-13;3*1-2/h2-9,19H,17H2,1H3,(H,18,20);3*1-2H3. The molecule has 4 nitrogen and oxygen atoms in total. The molecule has 0 fully saturated rings. The summed E-state index contributed by atoms with van der Waals surface area (Å²) in [6.45, 7) is 14.0. The number of carbonyl (C=O) groups is 1. The molecule has 1 aromatic heterocycles. The maximum Gasteiger partial charge on any atom is 0.272 e. The number of fused-ring (bicyclic) bond motifs is 1. The van der Waals surface area contributed by atoms with Gasteiger partial charge in [0, 0.05) is 22.3 Å². The van der Waals surface area contributed by atoms with Gasteiger partial charge >= 0.3 is 0 Å². The number of amides is 1. The third kappa shape index (κ3) is 6.63. The van der Waals surface area contributed by atoms with Gasteiger partial charge < -0.3 is 16.0 Å². The molecule has 0 atom stereocenters. The molecule has 0 saturated heterocycles. The fraction of sp³-hybridized carbons (Fsp3) is 0.318. The maximum atomic E-state index is 12.2. The summed E-state index contributed by atoms with van der Waals surface area (Å²) in [5.41, 5.74) is 9.68. The van der Waals surface area contributed by atoms with E-state index < -0.39 is 0 Å². The minimum atomic E-state index is -0.163. The molecule has 4 heteroatoms. The van der Waals surface area contributed by atoms with Gasteiger partial charge in [-0.2, -0.15) is 0 Å². The van der Waals surface area contributed by atoms with Crippen LogP contribution < -0.4 is 11.1 Å². The van der Waals surface area contributed by atoms with Gasteiger partial charge in [-0.3, -0.25) is 4.79 Å². The third-order valence-corrected chi connectivity index (χ3v) is 3.19. The van der Waals surface area contributed by atoms with Crippen molar-refractivity contribution in [3.05, 3.63) is 59.8 Å². The van der Waals surface area contributed by atoms with Crippen LogP contribution in [0.2, 0.25) is 0 Å². The lowest BCUT2D eigenvalue weighted by atomic mass is 10.2. The first kappa shape index (κ1) is 23.2. The molecule has 0 aliphatic carbocycles. The van der Waals surface area contributed by atoms with E-state index in [4.69, 9.17) is 5.73 Å². The Morgan fingerprint density at radius 1 is 0.885 bits per heavy atom. The van der Waals surface area contributed by atoms with E-state index in [0.717, 1.165) is 16.6 Å². The van der Waals surface area contributed by atoms with Crippen molar-refractivity contribution in [3.63, 3.8) is 0 Å². The highest BCUT2D eigenvalue weighted by Crippen LogP contribution is 2.18. The minimum Gasteiger partial charge on any atom is -0.399 e. The fourth-order valence-electron chi connectivity index (χ4n) is 2.14. The second kappa shape index (κ2) is 12.6. The molecule has 1 heterocycles. The van der Waals surface area contributed by atoms with Gasteiger partial charge in [-0.05, 0) is 49.4 Å². The van der Waals surface area contributed by atoms with Crippen LogP contribution in [-0.4, -0.2) is 10.9 Å². The molecule has 0 bridgehead atoms. The molecule has 4 N–H and O–H groups in total. The van der Waals surface area contributed by atoms with Gasteiger partial charge in [0.2, 0.25) is 0 Å². The predicted octanol–water partition coefficient (Wildman–Crippen LogP) is 6.39. The Morgan fingerprint density at radius 2 is 1.46 bits per heavy atom. The molecule has 0 saturated carbocycles. The Kier molecular flexibility index (Phi) is 11.3. The van der Waals surface area contributed by atoms with Crippen LogP contribution in [0.15, 0.2) is 48.5 Å². The molecular weight excluding hydrogens is 322 g/mol. The number of hydrogen-bond acceptors (Lipinski definition) is 2. The number of aryl methyl sites for hydroxylation is 1. The first-order valence-corrected chi connectivity index (χ1v) is 9.38. The summed E-state index contributed by atoms with van der Waals surface area (Å²) in [7, 11) is 0. The number of rotatable bonds is 2. The van der Waals surface area contributed by atoms with Gasteiger partial charge in [0.1, 0.15) is 5.69 Å². The van der Waals surface area contributed by atoms with E-state index in [1.54, 1.807) is 24.3 Å². The summed E-state index contributed by atoms with van der Waals surface area (Å²) < 4.78 is 0. The van der Waals surface area contributed by atoms with Gasteiger partial charge in [-0.15, -0.1) is 0 Å². The van der Waals surface area contributed by atoms with Crippen molar-refractivity contribution in [2.75, 3.05) is 11.1 Å². The van der Waals surface area contributed by atoms with Crippen LogP contribution in [-0.2, 0) is 0 Å². The molecule has 3 aromatic rings. The summed E-state index contributed by atoms with van der Waals surface area (Å²) in [5, 5.41) is 3.87. The molecule has 2 aromatic carbocycles. The number of nitrogens with two attached hydrogens (primary N) is 1. The van der Waals surface area contributed by atoms with Crippen LogP contribution in [0.3, 0.4) is 0 Å². The molecule has 0 aliphatic heterocycles. The van der Waals surface area contributed by atoms with E-state index in [9.17, 15) is 4.79 Å². The zero-order valence-electron chi connectivity index (χ0n) is 17.1. The number of nitrogen functional groups attached to an aromatic ring is 1. The highest BCUT2D eigenvalue weighted by molar-refractivity contribution is 6.06. The topological polar surface area (TPSA) is 70.9 Å². The number of aromatic nitrogens is 1. The van der Waals surface area contributed by atoms with Crippen molar-refractivity contribution in [1.82, 2.24) is 4.98 Å². The van der Waals surface area contributed by atoms with Crippen molar-refractivity contribution in [2.45, 2.75) is 48.5 Å². The Bertz CT molecular complexity index is 774. The van der Waals surface area contributed by atoms with E-state index in [1.165, 1.54) is 5.56 Å². The Hall–Kier alpha value is -2.75. The van der Waals surface area contributed by atoms with E-state index in [0.29, 0.717) is 11.4 Å². The number of H-pyrrole nitrogens is 1. The average Bonchev–Trinajstić information content (AvgIpc) is 3.12. The molecule has 0 unspecified atom stereocenters. The van der Waals surface area contributed by atoms with Crippen molar-refractivity contribution < 1.29 is 4.79 Å². The van der Waals surface area contributed by atoms with Crippen molar-refractivity contribution in [1.29, 1.82) is 0 Å². The zero-order valence-corrected chi connectivity index (χ0v) is 17.1. The van der Waals surface area contributed by atoms with E-state index in [2.05, 4.69) is 10.3 Å². The lowest BCUT2D eigenvalue weighted by Crippen LogP contribution is -2.12. The highest BCUT2D eigenvalue weighted by atomic mass is 16.1. The third-order valence-electron chi connectivity index (χ3n) is 3.19. The smallest absolute Gasteiger partial charge is 0.272 e. The van der Waals surface area contributed by atoms with Crippen LogP contribution in [0.4, 0.5) is 11.4 Å². The number of carbonyl (C=O) groups excluding carboxylic acids is 1. The lowest BCUT2D eigenvalue weighted by Gasteiger charge is -2.03. The second-order valence-electron chi connectivity index (χ2n) is 4.85. The number of aromatic amines is 1. The predicted molar refractivity (Wildman–Crippen MR) is 116 cm³/mol. The number of anilines is 2. The molecule has 142 valence electrons. The lowest BCUT2D eigenvalue weighted by molar-refractivity contribution is 0.102. The largest absolute Gasteiger partial charge is 0.399 e. The second-order valence-corrected chi connectivity index (χ2v) is 4.85. The van der Waals surface area contributed by atoms with Crippen LogP contribution in [0.5, 0.6) is 0 Å². The molecular formula is C22H33N3O. The summed E-state index contributed by atoms with van der Waals surface area (Å²) in [6.07, 6.45) is 0. The van der Waals surface area contributed by atoms with Crippen LogP contribution >= 0.6 is 0 Å². The summed E-state index contributed by atoms with van der Waals surface area (Å²) in [5.74, 6) is -0.163.